The van der Waals surface area contributed by atoms with E-state index in [1.54, 1.807) is 26.0 Å². The highest BCUT2D eigenvalue weighted by atomic mass is 16.8. The smallest absolute Gasteiger partial charge is 0.461 e. The van der Waals surface area contributed by atoms with Crippen molar-refractivity contribution in [2.75, 3.05) is 20.0 Å². The molecule has 4 aliphatic rings. The Kier molecular flexibility index (Phi) is 17.7. The van der Waals surface area contributed by atoms with Gasteiger partial charge in [0, 0.05) is 18.8 Å². The number of hydrogen-bond acceptors (Lipinski definition) is 12. The SMILES string of the molecule is CC/C=C\CC(=O)OCC(COC(=O)C/C=C\CC)OC(=O)CCC(C)CC(=O)OCOC(=O)O[C@@H]1CC[C@@]2(C)[C@@H](CC[C@@H]3[C@@H]2CC[C@]2(C)[C@@H](C(C)=O)CC[C@@H]32)C1. The van der Waals surface area contributed by atoms with E-state index in [2.05, 4.69) is 13.8 Å². The van der Waals surface area contributed by atoms with E-state index in [0.717, 1.165) is 57.8 Å². The van der Waals surface area contributed by atoms with Crippen molar-refractivity contribution in [3.63, 3.8) is 0 Å². The van der Waals surface area contributed by atoms with Crippen LogP contribution in [0.4, 0.5) is 4.79 Å². The Labute approximate surface area is 339 Å². The van der Waals surface area contributed by atoms with Gasteiger partial charge in [-0.3, -0.25) is 24.0 Å². The second-order valence-corrected chi connectivity index (χ2v) is 17.5. The number of rotatable bonds is 20. The summed E-state index contributed by atoms with van der Waals surface area (Å²) in [6.45, 7) is 11.2. The summed E-state index contributed by atoms with van der Waals surface area (Å²) in [6.07, 6.45) is 16.3. The average molecular weight is 801 g/mol. The zero-order valence-corrected chi connectivity index (χ0v) is 35.3. The summed E-state index contributed by atoms with van der Waals surface area (Å²) in [5.74, 6) is 0.530. The number of fused-ring (bicyclic) bond motifs is 5. The van der Waals surface area contributed by atoms with Crippen molar-refractivity contribution >= 4 is 35.8 Å². The normalized spacial score (nSPS) is 29.8. The van der Waals surface area contributed by atoms with Crippen LogP contribution in [0, 0.1) is 46.3 Å². The number of ketones is 1. The molecule has 0 aromatic rings. The molecule has 0 aromatic carbocycles. The van der Waals surface area contributed by atoms with E-state index in [-0.39, 0.29) is 67.7 Å². The second-order valence-electron chi connectivity index (χ2n) is 17.5. The summed E-state index contributed by atoms with van der Waals surface area (Å²) in [5.41, 5.74) is 0.338. The van der Waals surface area contributed by atoms with Gasteiger partial charge in [-0.15, -0.1) is 0 Å². The van der Waals surface area contributed by atoms with Crippen LogP contribution in [0.3, 0.4) is 0 Å². The lowest BCUT2D eigenvalue weighted by Crippen LogP contribution is -2.54. The molecule has 9 atom stereocenters. The van der Waals surface area contributed by atoms with Gasteiger partial charge >= 0.3 is 30.0 Å². The molecule has 4 rings (SSSR count). The highest BCUT2D eigenvalue weighted by Crippen LogP contribution is 2.67. The third kappa shape index (κ3) is 12.9. The minimum atomic E-state index is -0.982. The molecule has 12 heteroatoms. The van der Waals surface area contributed by atoms with E-state index >= 15 is 0 Å². The minimum absolute atomic E-state index is 0.0125. The van der Waals surface area contributed by atoms with Crippen LogP contribution in [0.25, 0.3) is 0 Å². The first-order valence-electron chi connectivity index (χ1n) is 21.5. The number of esters is 4. The molecule has 0 aliphatic heterocycles. The fraction of sp³-hybridized carbons (Fsp3) is 0.778. The van der Waals surface area contributed by atoms with E-state index < -0.39 is 42.9 Å². The first-order chi connectivity index (χ1) is 27.2. The van der Waals surface area contributed by atoms with Gasteiger partial charge in [0.1, 0.15) is 25.1 Å². The van der Waals surface area contributed by atoms with Crippen LogP contribution in [-0.2, 0) is 52.4 Å². The van der Waals surface area contributed by atoms with Gasteiger partial charge in [0.2, 0.25) is 6.79 Å². The molecular formula is C45H68O12. The molecule has 4 saturated carbocycles. The van der Waals surface area contributed by atoms with Crippen LogP contribution in [0.2, 0.25) is 0 Å². The maximum absolute atomic E-state index is 12.7. The van der Waals surface area contributed by atoms with Crippen LogP contribution in [0.5, 0.6) is 0 Å². The first kappa shape index (κ1) is 46.0. The summed E-state index contributed by atoms with van der Waals surface area (Å²) in [7, 11) is 0. The number of hydrogen-bond donors (Lipinski definition) is 0. The molecule has 0 heterocycles. The maximum Gasteiger partial charge on any atom is 0.511 e. The van der Waals surface area contributed by atoms with Gasteiger partial charge in [-0.2, -0.15) is 0 Å². The average Bonchev–Trinajstić information content (AvgIpc) is 3.53. The molecule has 12 nitrogen and oxygen atoms in total. The van der Waals surface area contributed by atoms with Crippen LogP contribution >= 0.6 is 0 Å². The monoisotopic (exact) mass is 800 g/mol. The summed E-state index contributed by atoms with van der Waals surface area (Å²) >= 11 is 0. The topological polar surface area (TPSA) is 158 Å². The number of ether oxygens (including phenoxy) is 6. The standard InChI is InChI=1S/C45H68O12/c1-7-9-11-13-39(47)52-27-34(28-53-40(48)14-12-10-8-2)56-41(49)20-15-30(3)25-42(50)54-29-55-43(51)57-33-21-23-44(5)32(26-33)16-17-35-37-19-18-36(31(4)46)45(37,6)24-22-38(35)44/h9-12,30,32-38H,7-8,13-29H2,1-6H3/b11-9-,12-10-/t30?,32-,33+,35-,36+,37-,38-,44-,45+/m0/s1. The molecule has 57 heavy (non-hydrogen) atoms. The van der Waals surface area contributed by atoms with E-state index in [4.69, 9.17) is 28.4 Å². The number of carbonyl (C=O) groups is 6. The number of Topliss-reactive ketones (excluding diaryl/α,β-unsaturated/α-hetero) is 1. The summed E-state index contributed by atoms with van der Waals surface area (Å²) < 4.78 is 31.9. The van der Waals surface area contributed by atoms with E-state index in [1.165, 1.54) is 12.8 Å². The molecule has 0 radical (unpaired) electrons. The van der Waals surface area contributed by atoms with Crippen molar-refractivity contribution in [3.8, 4) is 0 Å². The van der Waals surface area contributed by atoms with Gasteiger partial charge in [-0.1, -0.05) is 58.9 Å². The van der Waals surface area contributed by atoms with Gasteiger partial charge in [0.15, 0.2) is 6.10 Å². The van der Waals surface area contributed by atoms with Crippen LogP contribution < -0.4 is 0 Å². The fourth-order valence-electron chi connectivity index (χ4n) is 10.7. The predicted molar refractivity (Wildman–Crippen MR) is 211 cm³/mol. The third-order valence-corrected chi connectivity index (χ3v) is 13.7. The molecule has 4 aliphatic carbocycles. The molecule has 0 spiro atoms. The second kappa shape index (κ2) is 21.9. The van der Waals surface area contributed by atoms with E-state index in [0.29, 0.717) is 35.9 Å². The third-order valence-electron chi connectivity index (χ3n) is 13.7. The van der Waals surface area contributed by atoms with Crippen molar-refractivity contribution in [1.29, 1.82) is 0 Å². The van der Waals surface area contributed by atoms with E-state index in [1.807, 2.05) is 26.0 Å². The van der Waals surface area contributed by atoms with Crippen LogP contribution in [0.15, 0.2) is 24.3 Å². The van der Waals surface area contributed by atoms with Crippen LogP contribution in [0.1, 0.15) is 144 Å². The van der Waals surface area contributed by atoms with Gasteiger partial charge in [0.25, 0.3) is 0 Å². The molecule has 0 amide bonds. The zero-order chi connectivity index (χ0) is 41.6. The van der Waals surface area contributed by atoms with Gasteiger partial charge in [-0.25, -0.2) is 4.79 Å². The number of allylic oxidation sites excluding steroid dienone is 2. The Morgan fingerprint density at radius 3 is 1.96 bits per heavy atom. The highest BCUT2D eigenvalue weighted by molar-refractivity contribution is 5.79. The van der Waals surface area contributed by atoms with Crippen molar-refractivity contribution < 1.29 is 57.2 Å². The predicted octanol–water partition coefficient (Wildman–Crippen LogP) is 8.77. The lowest BCUT2D eigenvalue weighted by molar-refractivity contribution is -0.166. The zero-order valence-electron chi connectivity index (χ0n) is 35.3. The molecule has 0 saturated heterocycles. The lowest BCUT2D eigenvalue weighted by Gasteiger charge is -2.61. The molecule has 0 N–H and O–H groups in total. The van der Waals surface area contributed by atoms with Gasteiger partial charge < -0.3 is 28.4 Å². The molecule has 4 fully saturated rings. The molecule has 320 valence electrons. The molecular weight excluding hydrogens is 732 g/mol. The largest absolute Gasteiger partial charge is 0.511 e. The Morgan fingerprint density at radius 1 is 0.702 bits per heavy atom. The van der Waals surface area contributed by atoms with Gasteiger partial charge in [-0.05, 0) is 124 Å². The summed E-state index contributed by atoms with van der Waals surface area (Å²) in [4.78, 5) is 74.4. The maximum atomic E-state index is 12.7. The van der Waals surface area contributed by atoms with Crippen molar-refractivity contribution in [2.24, 2.45) is 46.3 Å². The van der Waals surface area contributed by atoms with Crippen molar-refractivity contribution in [1.82, 2.24) is 0 Å². The van der Waals surface area contributed by atoms with Crippen molar-refractivity contribution in [2.45, 2.75) is 156 Å². The first-order valence-corrected chi connectivity index (χ1v) is 21.5. The van der Waals surface area contributed by atoms with Crippen LogP contribution in [-0.4, -0.2) is 68.0 Å². The number of carbonyl (C=O) groups excluding carboxylic acids is 6. The highest BCUT2D eigenvalue weighted by Gasteiger charge is 2.61. The Bertz CT molecular complexity index is 1420. The Balaban J connectivity index is 1.13. The van der Waals surface area contributed by atoms with E-state index in [9.17, 15) is 28.8 Å². The summed E-state index contributed by atoms with van der Waals surface area (Å²) in [5, 5.41) is 0. The molecule has 0 aromatic heterocycles. The van der Waals surface area contributed by atoms with Gasteiger partial charge in [0.05, 0.1) is 12.8 Å². The fourth-order valence-corrected chi connectivity index (χ4v) is 10.7. The molecule has 1 unspecified atom stereocenters. The Morgan fingerprint density at radius 2 is 1.33 bits per heavy atom. The molecule has 0 bridgehead atoms. The van der Waals surface area contributed by atoms with Crippen molar-refractivity contribution in [3.05, 3.63) is 24.3 Å². The minimum Gasteiger partial charge on any atom is -0.461 e. The summed E-state index contributed by atoms with van der Waals surface area (Å²) in [6, 6.07) is 0. The lowest BCUT2D eigenvalue weighted by atomic mass is 9.44. The quantitative estimate of drug-likeness (QED) is 0.0500. The Hall–Kier alpha value is -3.70.